The first kappa shape index (κ1) is 51.0. The molecule has 0 radical (unpaired) electrons. The van der Waals surface area contributed by atoms with Crippen LogP contribution in [0.15, 0.2) is 35.4 Å². The molecule has 16 heteroatoms. The Morgan fingerprint density at radius 1 is 0.846 bits per heavy atom. The second-order valence-corrected chi connectivity index (χ2v) is 18.5. The molecule has 1 saturated carbocycles. The third kappa shape index (κ3) is 16.7. The minimum atomic E-state index is -2.65. The van der Waals surface area contributed by atoms with Crippen LogP contribution in [-0.2, 0) is 28.5 Å². The van der Waals surface area contributed by atoms with Crippen LogP contribution in [0.2, 0.25) is 0 Å². The Morgan fingerprint density at radius 2 is 1.48 bits per heavy atom. The maximum atomic E-state index is 13.8. The molecule has 0 spiro atoms. The fourth-order valence-corrected chi connectivity index (χ4v) is 10.3. The van der Waals surface area contributed by atoms with E-state index in [2.05, 4.69) is 60.6 Å². The number of hydrazone groups is 1. The number of hydrogen-bond acceptors (Lipinski definition) is 12. The summed E-state index contributed by atoms with van der Waals surface area (Å²) in [4.78, 5) is 36.4. The number of piperidine rings is 1. The number of hydrogen-bond donors (Lipinski definition) is 3. The molecule has 4 atom stereocenters. The van der Waals surface area contributed by atoms with Crippen molar-refractivity contribution in [3.05, 3.63) is 35.9 Å². The topological polar surface area (TPSA) is 132 Å². The van der Waals surface area contributed by atoms with Gasteiger partial charge in [-0.1, -0.05) is 43.2 Å². The van der Waals surface area contributed by atoms with Crippen LogP contribution in [-0.4, -0.2) is 173 Å². The Kier molecular flexibility index (Phi) is 21.5. The van der Waals surface area contributed by atoms with Gasteiger partial charge in [0.1, 0.15) is 18.6 Å². The Bertz CT molecular complexity index is 1610. The summed E-state index contributed by atoms with van der Waals surface area (Å²) >= 11 is 0. The van der Waals surface area contributed by atoms with Crippen LogP contribution < -0.4 is 16.1 Å². The Balaban J connectivity index is 0.822. The van der Waals surface area contributed by atoms with Crippen LogP contribution >= 0.6 is 0 Å². The summed E-state index contributed by atoms with van der Waals surface area (Å²) in [5.74, 6) is 0.507. The standard InChI is InChI=1S/C49H78F2N8O6/c1-3-29-62-31-33-64-35-36-65-34-32-63-30-28-57-26-24-56(25-27-57)22-9-21-52-47(60)13-8-12-46-55-54-45(4-2)59(46)43-37-41-14-15-42(38-43)58(41)23-18-44(39-10-6-5-7-11-39)53-48(61)40-16-19-49(50,51)20-17-40/h1,5-7,10-11,40-45,54H,4,8-9,12-38H2,2H3,(H,52,60)(H,53,61). The number of carbonyl (C=O) groups excluding carboxylic acids is 2. The number of halogens is 2. The lowest BCUT2D eigenvalue weighted by molar-refractivity contribution is -0.130. The summed E-state index contributed by atoms with van der Waals surface area (Å²) in [5, 5.41) is 11.2. The molecular weight excluding hydrogens is 835 g/mol. The van der Waals surface area contributed by atoms with Crippen molar-refractivity contribution >= 4 is 17.6 Å². The molecule has 65 heavy (non-hydrogen) atoms. The van der Waals surface area contributed by atoms with Crippen molar-refractivity contribution in [2.24, 2.45) is 11.0 Å². The van der Waals surface area contributed by atoms with Gasteiger partial charge in [0.25, 0.3) is 0 Å². The summed E-state index contributed by atoms with van der Waals surface area (Å²) in [5.41, 5.74) is 4.47. The molecule has 1 aliphatic carbocycles. The number of piperazine rings is 1. The molecule has 5 aliphatic rings. The SMILES string of the molecule is C#CCOCCOCCOCCOCCN1CCN(CCCNC(=O)CCCC2=NNC(CC)N2C2CC3CCC(C2)N3CCC(NC(=O)C2CCC(F)(F)CC2)c2ccccc2)CC1. The number of amidine groups is 1. The lowest BCUT2D eigenvalue weighted by atomic mass is 9.86. The highest BCUT2D eigenvalue weighted by atomic mass is 19.3. The van der Waals surface area contributed by atoms with Gasteiger partial charge in [-0.2, -0.15) is 5.10 Å². The van der Waals surface area contributed by atoms with Gasteiger partial charge in [0, 0.05) is 95.5 Å². The minimum Gasteiger partial charge on any atom is -0.378 e. The van der Waals surface area contributed by atoms with E-state index < -0.39 is 5.92 Å². The zero-order valence-electron chi connectivity index (χ0n) is 39.1. The van der Waals surface area contributed by atoms with Gasteiger partial charge in [-0.25, -0.2) is 8.78 Å². The number of amides is 2. The molecule has 0 aromatic heterocycles. The predicted molar refractivity (Wildman–Crippen MR) is 248 cm³/mol. The molecule has 4 aliphatic heterocycles. The van der Waals surface area contributed by atoms with E-state index in [9.17, 15) is 18.4 Å². The van der Waals surface area contributed by atoms with Gasteiger partial charge in [-0.3, -0.25) is 24.8 Å². The molecule has 2 bridgehead atoms. The molecule has 6 rings (SSSR count). The van der Waals surface area contributed by atoms with Crippen molar-refractivity contribution in [3.8, 4) is 12.3 Å². The van der Waals surface area contributed by atoms with Gasteiger partial charge in [-0.05, 0) is 76.3 Å². The number of rotatable bonds is 29. The zero-order chi connectivity index (χ0) is 45.7. The molecule has 1 aromatic carbocycles. The Labute approximate surface area is 387 Å². The highest BCUT2D eigenvalue weighted by molar-refractivity contribution is 5.85. The number of nitrogens with one attached hydrogen (secondary N) is 3. The zero-order valence-corrected chi connectivity index (χ0v) is 39.1. The lowest BCUT2D eigenvalue weighted by Crippen LogP contribution is -2.55. The van der Waals surface area contributed by atoms with E-state index >= 15 is 0 Å². The quantitative estimate of drug-likeness (QED) is 0.0742. The highest BCUT2D eigenvalue weighted by Crippen LogP contribution is 2.40. The fourth-order valence-electron chi connectivity index (χ4n) is 10.3. The third-order valence-electron chi connectivity index (χ3n) is 14.0. The normalized spacial score (nSPS) is 24.3. The second-order valence-electron chi connectivity index (χ2n) is 18.5. The van der Waals surface area contributed by atoms with Gasteiger partial charge in [0.15, 0.2) is 0 Å². The minimum absolute atomic E-state index is 0.0926. The molecule has 3 N–H and O–H groups in total. The highest BCUT2D eigenvalue weighted by Gasteiger charge is 2.45. The molecule has 3 saturated heterocycles. The molecule has 14 nitrogen and oxygen atoms in total. The summed E-state index contributed by atoms with van der Waals surface area (Å²) in [7, 11) is 0. The summed E-state index contributed by atoms with van der Waals surface area (Å²) in [6.45, 7) is 14.0. The Morgan fingerprint density at radius 3 is 2.12 bits per heavy atom. The molecule has 4 fully saturated rings. The summed E-state index contributed by atoms with van der Waals surface area (Å²) in [6.07, 6.45) is 14.5. The number of alkyl halides is 2. The summed E-state index contributed by atoms with van der Waals surface area (Å²) < 4.78 is 49.6. The van der Waals surface area contributed by atoms with Crippen LogP contribution in [0.3, 0.4) is 0 Å². The van der Waals surface area contributed by atoms with Gasteiger partial charge >= 0.3 is 0 Å². The number of fused-ring (bicyclic) bond motifs is 2. The van der Waals surface area contributed by atoms with Crippen molar-refractivity contribution in [1.29, 1.82) is 0 Å². The number of terminal acetylenes is 1. The molecular formula is C49H78F2N8O6. The van der Waals surface area contributed by atoms with Crippen molar-refractivity contribution in [2.45, 2.75) is 133 Å². The first-order valence-electron chi connectivity index (χ1n) is 24.8. The first-order chi connectivity index (χ1) is 31.7. The van der Waals surface area contributed by atoms with Gasteiger partial charge in [0.2, 0.25) is 17.7 Å². The van der Waals surface area contributed by atoms with Crippen LogP contribution in [0.1, 0.15) is 108 Å². The van der Waals surface area contributed by atoms with Crippen LogP contribution in [0.5, 0.6) is 0 Å². The van der Waals surface area contributed by atoms with E-state index in [4.69, 9.17) is 30.5 Å². The van der Waals surface area contributed by atoms with Crippen molar-refractivity contribution < 1.29 is 37.3 Å². The van der Waals surface area contributed by atoms with Crippen molar-refractivity contribution in [1.82, 2.24) is 35.7 Å². The average Bonchev–Trinajstić information content (AvgIpc) is 3.83. The van der Waals surface area contributed by atoms with E-state index in [1.807, 2.05) is 18.2 Å². The van der Waals surface area contributed by atoms with E-state index in [1.165, 1.54) is 12.8 Å². The summed E-state index contributed by atoms with van der Waals surface area (Å²) in [6, 6.07) is 11.3. The number of nitrogens with zero attached hydrogens (tertiary/aromatic N) is 5. The van der Waals surface area contributed by atoms with E-state index in [0.717, 1.165) is 102 Å². The second kappa shape index (κ2) is 27.4. The van der Waals surface area contributed by atoms with E-state index in [0.29, 0.717) is 83.9 Å². The molecule has 4 unspecified atom stereocenters. The first-order valence-corrected chi connectivity index (χ1v) is 24.8. The largest absolute Gasteiger partial charge is 0.378 e. The number of benzene rings is 1. The molecule has 1 aromatic rings. The number of carbonyl (C=O) groups is 2. The fraction of sp³-hybridized carbons (Fsp3) is 0.776. The van der Waals surface area contributed by atoms with Crippen molar-refractivity contribution in [2.75, 3.05) is 105 Å². The van der Waals surface area contributed by atoms with Crippen molar-refractivity contribution in [3.63, 3.8) is 0 Å². The average molecular weight is 913 g/mol. The number of ether oxygens (including phenoxy) is 4. The van der Waals surface area contributed by atoms with Gasteiger partial charge in [-0.15, -0.1) is 6.42 Å². The van der Waals surface area contributed by atoms with Gasteiger partial charge in [0.05, 0.1) is 52.3 Å². The lowest BCUT2D eigenvalue weighted by Gasteiger charge is -2.45. The maximum absolute atomic E-state index is 13.8. The molecule has 364 valence electrons. The monoisotopic (exact) mass is 913 g/mol. The molecule has 2 amide bonds. The smallest absolute Gasteiger partial charge is 0.248 e. The van der Waals surface area contributed by atoms with Crippen LogP contribution in [0.4, 0.5) is 8.78 Å². The third-order valence-corrected chi connectivity index (χ3v) is 14.0. The Hall–Kier alpha value is -3.43. The molecule has 4 heterocycles. The van der Waals surface area contributed by atoms with Crippen LogP contribution in [0.25, 0.3) is 0 Å². The maximum Gasteiger partial charge on any atom is 0.248 e. The van der Waals surface area contributed by atoms with E-state index in [1.54, 1.807) is 0 Å². The van der Waals surface area contributed by atoms with E-state index in [-0.39, 0.29) is 55.6 Å². The predicted octanol–water partition coefficient (Wildman–Crippen LogP) is 5.00. The van der Waals surface area contributed by atoms with Gasteiger partial charge < -0.3 is 39.4 Å². The van der Waals surface area contributed by atoms with Crippen LogP contribution in [0, 0.1) is 18.3 Å².